The molecule has 0 radical (unpaired) electrons. The van der Waals surface area contributed by atoms with E-state index in [4.69, 9.17) is 18.9 Å². The van der Waals surface area contributed by atoms with Gasteiger partial charge in [-0.05, 0) is 32.9 Å². The van der Waals surface area contributed by atoms with E-state index in [2.05, 4.69) is 0 Å². The van der Waals surface area contributed by atoms with Gasteiger partial charge in [0, 0.05) is 19.8 Å². The van der Waals surface area contributed by atoms with Crippen molar-refractivity contribution in [3.05, 3.63) is 42.2 Å². The number of ether oxygens (including phenoxy) is 4. The molecule has 0 aliphatic carbocycles. The van der Waals surface area contributed by atoms with Crippen LogP contribution in [0.3, 0.4) is 0 Å². The first-order valence-corrected chi connectivity index (χ1v) is 7.17. The van der Waals surface area contributed by atoms with E-state index < -0.39 is 11.9 Å². The molecule has 0 spiro atoms. The Hall–Kier alpha value is -1.89. The first-order valence-electron chi connectivity index (χ1n) is 7.17. The van der Waals surface area contributed by atoms with E-state index in [0.29, 0.717) is 5.75 Å². The summed E-state index contributed by atoms with van der Waals surface area (Å²) in [6.07, 6.45) is 1.08. The second kappa shape index (κ2) is 9.19. The van der Waals surface area contributed by atoms with E-state index in [1.54, 1.807) is 45.0 Å². The second-order valence-corrected chi connectivity index (χ2v) is 4.12. The summed E-state index contributed by atoms with van der Waals surface area (Å²) < 4.78 is 21.7. The molecule has 0 aromatic heterocycles. The number of rotatable bonds is 10. The van der Waals surface area contributed by atoms with Gasteiger partial charge in [-0.25, -0.2) is 4.79 Å². The minimum Gasteiger partial charge on any atom is -0.478 e. The molecular formula is C16H22O6. The molecule has 0 saturated heterocycles. The molecule has 0 fully saturated rings. The van der Waals surface area contributed by atoms with Crippen LogP contribution in [0.4, 0.5) is 0 Å². The van der Waals surface area contributed by atoms with Crippen LogP contribution in [-0.2, 0) is 19.0 Å². The lowest BCUT2D eigenvalue weighted by Crippen LogP contribution is -2.44. The number of carboxylic acids is 1. The highest BCUT2D eigenvalue weighted by Crippen LogP contribution is 2.26. The van der Waals surface area contributed by atoms with Crippen LogP contribution in [-0.4, -0.2) is 36.9 Å². The largest absolute Gasteiger partial charge is 0.478 e. The summed E-state index contributed by atoms with van der Waals surface area (Å²) in [6.45, 7) is 5.83. The van der Waals surface area contributed by atoms with Crippen LogP contribution in [0.15, 0.2) is 42.2 Å². The Balaban J connectivity index is 3.13. The number of para-hydroxylation sites is 1. The van der Waals surface area contributed by atoms with E-state index >= 15 is 0 Å². The van der Waals surface area contributed by atoms with Crippen molar-refractivity contribution in [1.82, 2.24) is 0 Å². The molecule has 0 aliphatic rings. The zero-order valence-corrected chi connectivity index (χ0v) is 13.1. The number of carboxylic acid groups (broad SMARTS) is 1. The van der Waals surface area contributed by atoms with Crippen LogP contribution in [0.25, 0.3) is 0 Å². The monoisotopic (exact) mass is 310 g/mol. The first kappa shape index (κ1) is 18.2. The minimum absolute atomic E-state index is 0.218. The van der Waals surface area contributed by atoms with Crippen LogP contribution >= 0.6 is 0 Å². The molecule has 22 heavy (non-hydrogen) atoms. The Morgan fingerprint density at radius 1 is 1.05 bits per heavy atom. The number of hydrogen-bond donors (Lipinski definition) is 1. The van der Waals surface area contributed by atoms with Gasteiger partial charge in [0.2, 0.25) is 0 Å². The summed E-state index contributed by atoms with van der Waals surface area (Å²) in [7, 11) is 0. The molecule has 6 nitrogen and oxygen atoms in total. The molecule has 122 valence electrons. The smallest absolute Gasteiger partial charge is 0.343 e. The highest BCUT2D eigenvalue weighted by atomic mass is 16.9. The van der Waals surface area contributed by atoms with Gasteiger partial charge in [-0.15, -0.1) is 0 Å². The summed E-state index contributed by atoms with van der Waals surface area (Å²) in [5.41, 5.74) is -0.262. The third-order valence-electron chi connectivity index (χ3n) is 2.62. The van der Waals surface area contributed by atoms with E-state index in [-0.39, 0.29) is 25.4 Å². The molecule has 0 saturated carbocycles. The van der Waals surface area contributed by atoms with Crippen LogP contribution in [0.5, 0.6) is 5.75 Å². The van der Waals surface area contributed by atoms with Gasteiger partial charge in [0.25, 0.3) is 0 Å². The van der Waals surface area contributed by atoms with Gasteiger partial charge >= 0.3 is 11.9 Å². The van der Waals surface area contributed by atoms with Crippen LogP contribution in [0, 0.1) is 0 Å². The fourth-order valence-electron chi connectivity index (χ4n) is 1.81. The standard InChI is InChI=1S/C16H22O6/c1-4-20-16(21-5-2,22-6-3)14(15(17)18)12-19-13-10-8-7-9-11-13/h7-12H,4-6H2,1-3H3,(H,17,18). The van der Waals surface area contributed by atoms with Crippen molar-refractivity contribution in [3.8, 4) is 5.75 Å². The van der Waals surface area contributed by atoms with Crippen molar-refractivity contribution in [2.45, 2.75) is 26.7 Å². The van der Waals surface area contributed by atoms with Gasteiger partial charge in [-0.1, -0.05) is 18.2 Å². The summed E-state index contributed by atoms with van der Waals surface area (Å²) in [5.74, 6) is -2.54. The van der Waals surface area contributed by atoms with Crippen molar-refractivity contribution in [2.75, 3.05) is 19.8 Å². The summed E-state index contributed by atoms with van der Waals surface area (Å²) in [6, 6.07) is 8.81. The van der Waals surface area contributed by atoms with Gasteiger partial charge < -0.3 is 24.1 Å². The highest BCUT2D eigenvalue weighted by Gasteiger charge is 2.42. The molecule has 0 unspecified atom stereocenters. The van der Waals surface area contributed by atoms with Crippen molar-refractivity contribution in [2.24, 2.45) is 0 Å². The lowest BCUT2D eigenvalue weighted by atomic mass is 10.2. The number of carbonyl (C=O) groups is 1. The maximum atomic E-state index is 11.6. The van der Waals surface area contributed by atoms with Crippen molar-refractivity contribution in [3.63, 3.8) is 0 Å². The Bertz CT molecular complexity index is 466. The topological polar surface area (TPSA) is 74.2 Å². The third kappa shape index (κ3) is 4.84. The number of benzene rings is 1. The van der Waals surface area contributed by atoms with Gasteiger partial charge in [-0.3, -0.25) is 0 Å². The molecule has 0 atom stereocenters. The van der Waals surface area contributed by atoms with Gasteiger partial charge in [0.1, 0.15) is 12.0 Å². The van der Waals surface area contributed by atoms with Gasteiger partial charge in [0.15, 0.2) is 5.57 Å². The zero-order chi connectivity index (χ0) is 16.4. The number of aliphatic carboxylic acids is 1. The second-order valence-electron chi connectivity index (χ2n) is 4.12. The summed E-state index contributed by atoms with van der Waals surface area (Å²) >= 11 is 0. The Kier molecular flexibility index (Phi) is 7.59. The van der Waals surface area contributed by atoms with Crippen molar-refractivity contribution >= 4 is 5.97 Å². The molecule has 0 bridgehead atoms. The lowest BCUT2D eigenvalue weighted by Gasteiger charge is -2.32. The molecular weight excluding hydrogens is 288 g/mol. The van der Waals surface area contributed by atoms with Crippen LogP contribution in [0.2, 0.25) is 0 Å². The van der Waals surface area contributed by atoms with Crippen LogP contribution in [0.1, 0.15) is 20.8 Å². The van der Waals surface area contributed by atoms with Gasteiger partial charge in [0.05, 0.1) is 0 Å². The highest BCUT2D eigenvalue weighted by molar-refractivity contribution is 5.87. The van der Waals surface area contributed by atoms with Crippen molar-refractivity contribution in [1.29, 1.82) is 0 Å². The zero-order valence-electron chi connectivity index (χ0n) is 13.1. The molecule has 1 aromatic rings. The molecule has 0 heterocycles. The van der Waals surface area contributed by atoms with E-state index in [1.807, 2.05) is 6.07 Å². The fourth-order valence-corrected chi connectivity index (χ4v) is 1.81. The average Bonchev–Trinajstić information content (AvgIpc) is 2.49. The Labute approximate surface area is 130 Å². The molecule has 0 amide bonds. The molecule has 1 rings (SSSR count). The van der Waals surface area contributed by atoms with Crippen molar-refractivity contribution < 1.29 is 28.8 Å². The van der Waals surface area contributed by atoms with E-state index in [0.717, 1.165) is 6.26 Å². The minimum atomic E-state index is -1.79. The summed E-state index contributed by atoms with van der Waals surface area (Å²) in [4.78, 5) is 11.6. The Morgan fingerprint density at radius 2 is 1.55 bits per heavy atom. The van der Waals surface area contributed by atoms with E-state index in [9.17, 15) is 9.90 Å². The number of hydrogen-bond acceptors (Lipinski definition) is 5. The molecule has 1 aromatic carbocycles. The molecule has 6 heteroatoms. The SMILES string of the molecule is CCOC(OCC)(OCC)C(=COc1ccccc1)C(=O)O. The maximum absolute atomic E-state index is 11.6. The molecule has 0 aliphatic heterocycles. The van der Waals surface area contributed by atoms with E-state index in [1.165, 1.54) is 0 Å². The average molecular weight is 310 g/mol. The third-order valence-corrected chi connectivity index (χ3v) is 2.62. The normalized spacial score (nSPS) is 12.2. The first-order chi connectivity index (χ1) is 10.6. The quantitative estimate of drug-likeness (QED) is 0.407. The Morgan fingerprint density at radius 3 is 1.95 bits per heavy atom. The predicted molar refractivity (Wildman–Crippen MR) is 80.4 cm³/mol. The van der Waals surface area contributed by atoms with Crippen LogP contribution < -0.4 is 4.74 Å². The summed E-state index contributed by atoms with van der Waals surface area (Å²) in [5, 5.41) is 9.48. The molecule has 1 N–H and O–H groups in total. The van der Waals surface area contributed by atoms with Gasteiger partial charge in [-0.2, -0.15) is 0 Å². The lowest BCUT2D eigenvalue weighted by molar-refractivity contribution is -0.352. The predicted octanol–water partition coefficient (Wildman–Crippen LogP) is 2.80. The fraction of sp³-hybridized carbons (Fsp3) is 0.438. The maximum Gasteiger partial charge on any atom is 0.343 e.